The van der Waals surface area contributed by atoms with Crippen molar-refractivity contribution in [1.82, 2.24) is 0 Å². The van der Waals surface area contributed by atoms with E-state index in [1.54, 1.807) is 0 Å². The number of nitrogens with zero attached hydrogens (tertiary/aromatic N) is 1. The summed E-state index contributed by atoms with van der Waals surface area (Å²) in [4.78, 5) is 0. The normalized spacial score (nSPS) is 33.0. The van der Waals surface area contributed by atoms with Crippen molar-refractivity contribution in [2.75, 3.05) is 0 Å². The van der Waals surface area contributed by atoms with E-state index in [1.165, 1.54) is 148 Å². The SMILES string of the molecule is CCCCCCCC1(C#N)CCCC(C2(C3CCC(CCCCC)CC3)CCCCC2)C1. The predicted molar refractivity (Wildman–Crippen MR) is 138 cm³/mol. The lowest BCUT2D eigenvalue weighted by Gasteiger charge is -2.54. The smallest absolute Gasteiger partial charge is 0.0689 e. The summed E-state index contributed by atoms with van der Waals surface area (Å²) in [5.41, 5.74) is 0.605. The van der Waals surface area contributed by atoms with Gasteiger partial charge < -0.3 is 0 Å². The largest absolute Gasteiger partial charge is 0.198 e. The van der Waals surface area contributed by atoms with E-state index in [-0.39, 0.29) is 5.41 Å². The van der Waals surface area contributed by atoms with Gasteiger partial charge in [-0.25, -0.2) is 0 Å². The highest BCUT2D eigenvalue weighted by Crippen LogP contribution is 2.59. The Labute approximate surface area is 201 Å². The summed E-state index contributed by atoms with van der Waals surface area (Å²) < 4.78 is 0. The molecule has 0 aromatic carbocycles. The van der Waals surface area contributed by atoms with Gasteiger partial charge >= 0.3 is 0 Å². The first-order chi connectivity index (χ1) is 15.7. The molecule has 0 aromatic heterocycles. The third-order valence-electron chi connectivity index (χ3n) is 10.3. The lowest BCUT2D eigenvalue weighted by Crippen LogP contribution is -2.45. The van der Waals surface area contributed by atoms with Crippen LogP contribution in [-0.2, 0) is 0 Å². The summed E-state index contributed by atoms with van der Waals surface area (Å²) in [5.74, 6) is 2.83. The molecule has 3 rings (SSSR count). The van der Waals surface area contributed by atoms with Gasteiger partial charge in [0.15, 0.2) is 0 Å². The summed E-state index contributed by atoms with van der Waals surface area (Å²) in [6, 6.07) is 2.93. The van der Waals surface area contributed by atoms with Gasteiger partial charge in [-0.15, -0.1) is 0 Å². The monoisotopic (exact) mass is 441 g/mol. The molecule has 32 heavy (non-hydrogen) atoms. The second-order valence-corrected chi connectivity index (χ2v) is 12.4. The van der Waals surface area contributed by atoms with Crippen LogP contribution in [0.3, 0.4) is 0 Å². The Bertz CT molecular complexity index is 545. The highest BCUT2D eigenvalue weighted by atomic mass is 14.5. The molecule has 0 aliphatic heterocycles. The zero-order chi connectivity index (χ0) is 22.7. The molecule has 3 fully saturated rings. The van der Waals surface area contributed by atoms with Crippen molar-refractivity contribution in [3.8, 4) is 6.07 Å². The molecule has 0 bridgehead atoms. The first-order valence-electron chi connectivity index (χ1n) is 15.1. The Morgan fingerprint density at radius 2 is 1.38 bits per heavy atom. The fourth-order valence-corrected chi connectivity index (χ4v) is 8.37. The van der Waals surface area contributed by atoms with Crippen molar-refractivity contribution >= 4 is 0 Å². The van der Waals surface area contributed by atoms with E-state index >= 15 is 0 Å². The molecule has 1 nitrogen and oxygen atoms in total. The lowest BCUT2D eigenvalue weighted by molar-refractivity contribution is -0.0389. The maximum absolute atomic E-state index is 10.3. The molecule has 0 N–H and O–H groups in total. The van der Waals surface area contributed by atoms with Crippen molar-refractivity contribution in [1.29, 1.82) is 5.26 Å². The Morgan fingerprint density at radius 1 is 0.688 bits per heavy atom. The van der Waals surface area contributed by atoms with Gasteiger partial charge in [-0.05, 0) is 74.5 Å². The number of hydrogen-bond acceptors (Lipinski definition) is 1. The van der Waals surface area contributed by atoms with Crippen LogP contribution in [0.1, 0.15) is 162 Å². The van der Waals surface area contributed by atoms with Crippen LogP contribution in [-0.4, -0.2) is 0 Å². The van der Waals surface area contributed by atoms with Gasteiger partial charge in [0.1, 0.15) is 0 Å². The molecule has 3 saturated carbocycles. The van der Waals surface area contributed by atoms with Crippen LogP contribution in [0.25, 0.3) is 0 Å². The Morgan fingerprint density at radius 3 is 2.06 bits per heavy atom. The molecular formula is C31H55N. The summed E-state index contributed by atoms with van der Waals surface area (Å²) >= 11 is 0. The quantitative estimate of drug-likeness (QED) is 0.276. The van der Waals surface area contributed by atoms with Crippen LogP contribution < -0.4 is 0 Å². The van der Waals surface area contributed by atoms with E-state index in [4.69, 9.17) is 0 Å². The minimum Gasteiger partial charge on any atom is -0.198 e. The Hall–Kier alpha value is -0.510. The van der Waals surface area contributed by atoms with Crippen molar-refractivity contribution < 1.29 is 0 Å². The summed E-state index contributed by atoms with van der Waals surface area (Å²) in [7, 11) is 0. The fourth-order valence-electron chi connectivity index (χ4n) is 8.37. The molecule has 3 aliphatic rings. The molecule has 0 amide bonds. The van der Waals surface area contributed by atoms with Crippen molar-refractivity contribution in [2.24, 2.45) is 28.6 Å². The summed E-state index contributed by atoms with van der Waals surface area (Å²) in [6.45, 7) is 4.63. The molecule has 3 aliphatic carbocycles. The Balaban J connectivity index is 1.63. The average Bonchev–Trinajstić information content (AvgIpc) is 2.85. The lowest BCUT2D eigenvalue weighted by atomic mass is 9.50. The molecule has 0 spiro atoms. The van der Waals surface area contributed by atoms with Gasteiger partial charge in [0.05, 0.1) is 11.5 Å². The zero-order valence-corrected chi connectivity index (χ0v) is 21.9. The van der Waals surface area contributed by atoms with E-state index in [9.17, 15) is 5.26 Å². The molecule has 0 radical (unpaired) electrons. The number of nitriles is 1. The second kappa shape index (κ2) is 13.4. The minimum atomic E-state index is 0.0108. The van der Waals surface area contributed by atoms with Crippen molar-refractivity contribution in [3.05, 3.63) is 0 Å². The molecular weight excluding hydrogens is 386 g/mol. The van der Waals surface area contributed by atoms with Crippen LogP contribution in [0, 0.1) is 39.9 Å². The minimum absolute atomic E-state index is 0.0108. The summed E-state index contributed by atoms with van der Waals surface area (Å²) in [6.07, 6.45) is 32.2. The topological polar surface area (TPSA) is 23.8 Å². The number of hydrogen-bond donors (Lipinski definition) is 0. The van der Waals surface area contributed by atoms with Gasteiger partial charge in [-0.1, -0.05) is 110 Å². The molecule has 184 valence electrons. The number of rotatable bonds is 12. The van der Waals surface area contributed by atoms with Gasteiger partial charge in [-0.3, -0.25) is 0 Å². The van der Waals surface area contributed by atoms with E-state index < -0.39 is 0 Å². The van der Waals surface area contributed by atoms with Crippen LogP contribution in [0.15, 0.2) is 0 Å². The molecule has 0 heterocycles. The standard InChI is InChI=1S/C31H55N/c1-3-5-7-8-11-21-30(26-32)22-14-16-29(25-30)31(23-12-9-13-24-31)28-19-17-27(18-20-28)15-10-6-4-2/h27-29H,3-25H2,1-2H3. The van der Waals surface area contributed by atoms with Crippen LogP contribution in [0.2, 0.25) is 0 Å². The van der Waals surface area contributed by atoms with E-state index in [1.807, 2.05) is 0 Å². The third-order valence-corrected chi connectivity index (χ3v) is 10.3. The molecule has 2 unspecified atom stereocenters. The van der Waals surface area contributed by atoms with Gasteiger partial charge in [-0.2, -0.15) is 5.26 Å². The summed E-state index contributed by atoms with van der Waals surface area (Å²) in [5, 5.41) is 10.3. The van der Waals surface area contributed by atoms with E-state index in [0.717, 1.165) is 17.8 Å². The first-order valence-corrected chi connectivity index (χ1v) is 15.1. The van der Waals surface area contributed by atoms with Crippen LogP contribution in [0.4, 0.5) is 0 Å². The van der Waals surface area contributed by atoms with Crippen molar-refractivity contribution in [2.45, 2.75) is 162 Å². The zero-order valence-electron chi connectivity index (χ0n) is 21.9. The first kappa shape index (κ1) is 26.1. The third kappa shape index (κ3) is 6.76. The van der Waals surface area contributed by atoms with Crippen molar-refractivity contribution in [3.63, 3.8) is 0 Å². The highest BCUT2D eigenvalue weighted by molar-refractivity contribution is 5.06. The molecule has 0 saturated heterocycles. The molecule has 0 aromatic rings. The maximum Gasteiger partial charge on any atom is 0.0689 e. The van der Waals surface area contributed by atoms with E-state index in [2.05, 4.69) is 19.9 Å². The Kier molecular flexibility index (Phi) is 10.9. The second-order valence-electron chi connectivity index (χ2n) is 12.4. The van der Waals surface area contributed by atoms with Crippen LogP contribution in [0.5, 0.6) is 0 Å². The fraction of sp³-hybridized carbons (Fsp3) is 0.968. The molecule has 2 atom stereocenters. The number of unbranched alkanes of at least 4 members (excludes halogenated alkanes) is 6. The maximum atomic E-state index is 10.3. The van der Waals surface area contributed by atoms with Crippen LogP contribution >= 0.6 is 0 Å². The highest BCUT2D eigenvalue weighted by Gasteiger charge is 2.50. The van der Waals surface area contributed by atoms with Gasteiger partial charge in [0.25, 0.3) is 0 Å². The molecule has 1 heteroatoms. The van der Waals surface area contributed by atoms with Gasteiger partial charge in [0.2, 0.25) is 0 Å². The average molecular weight is 442 g/mol. The van der Waals surface area contributed by atoms with Gasteiger partial charge in [0, 0.05) is 0 Å². The predicted octanol–water partition coefficient (Wildman–Crippen LogP) is 10.4. The van der Waals surface area contributed by atoms with E-state index in [0.29, 0.717) is 5.41 Å².